The molecule has 4 aromatic rings. The normalized spacial score (nSPS) is 11.9. The average molecular weight is 414 g/mol. The van der Waals surface area contributed by atoms with Crippen molar-refractivity contribution < 1.29 is 9.47 Å². The third-order valence-corrected chi connectivity index (χ3v) is 5.35. The van der Waals surface area contributed by atoms with E-state index in [1.165, 1.54) is 15.7 Å². The number of nitrogens with zero attached hydrogens (tertiary/aromatic N) is 3. The maximum absolute atomic E-state index is 13.1. The number of hydrogen-bond acceptors (Lipinski definition) is 6. The van der Waals surface area contributed by atoms with Gasteiger partial charge in [0, 0.05) is 10.6 Å². The third-order valence-electron chi connectivity index (χ3n) is 4.16. The van der Waals surface area contributed by atoms with Crippen molar-refractivity contribution in [2.45, 2.75) is 6.92 Å². The van der Waals surface area contributed by atoms with Gasteiger partial charge in [0.05, 0.1) is 23.8 Å². The first-order valence-electron chi connectivity index (χ1n) is 8.57. The fraction of sp³-hybridized carbons (Fsp3) is 0.150. The summed E-state index contributed by atoms with van der Waals surface area (Å²) >= 11 is 7.40. The van der Waals surface area contributed by atoms with Crippen LogP contribution in [0.1, 0.15) is 12.5 Å². The van der Waals surface area contributed by atoms with Crippen molar-refractivity contribution in [1.82, 2.24) is 14.6 Å². The number of aromatic nitrogens is 3. The van der Waals surface area contributed by atoms with Gasteiger partial charge in [0.1, 0.15) is 11.5 Å². The van der Waals surface area contributed by atoms with Gasteiger partial charge in [-0.1, -0.05) is 41.1 Å². The van der Waals surface area contributed by atoms with E-state index in [0.29, 0.717) is 38.3 Å². The Morgan fingerprint density at radius 1 is 1.18 bits per heavy atom. The second-order valence-corrected chi connectivity index (χ2v) is 7.32. The standard InChI is InChI=1S/C20H16ClN3O3S/c1-3-27-15-7-5-4-6-12(15)10-17-19(25)24-18(22-23-20(24)28-17)14-11-13(21)8-9-16(14)26-2/h4-11H,3H2,1-2H3/b17-10-. The van der Waals surface area contributed by atoms with Crippen LogP contribution in [0.3, 0.4) is 0 Å². The van der Waals surface area contributed by atoms with Gasteiger partial charge < -0.3 is 9.47 Å². The average Bonchev–Trinajstić information content (AvgIpc) is 3.24. The van der Waals surface area contributed by atoms with Crippen molar-refractivity contribution in [3.8, 4) is 22.9 Å². The minimum atomic E-state index is -0.201. The van der Waals surface area contributed by atoms with Gasteiger partial charge in [-0.3, -0.25) is 4.79 Å². The Balaban J connectivity index is 1.92. The number of thiazole rings is 1. The van der Waals surface area contributed by atoms with Gasteiger partial charge >= 0.3 is 0 Å². The SMILES string of the molecule is CCOc1ccccc1/C=c1\sc2nnc(-c3cc(Cl)ccc3OC)n2c1=O. The van der Waals surface area contributed by atoms with Crippen molar-refractivity contribution in [3.63, 3.8) is 0 Å². The van der Waals surface area contributed by atoms with Crippen LogP contribution in [-0.4, -0.2) is 28.3 Å². The van der Waals surface area contributed by atoms with Gasteiger partial charge in [-0.2, -0.15) is 0 Å². The van der Waals surface area contributed by atoms with E-state index in [-0.39, 0.29) is 5.56 Å². The lowest BCUT2D eigenvalue weighted by Gasteiger charge is -2.06. The van der Waals surface area contributed by atoms with E-state index in [1.807, 2.05) is 37.3 Å². The lowest BCUT2D eigenvalue weighted by molar-refractivity contribution is 0.339. The number of methoxy groups -OCH3 is 1. The summed E-state index contributed by atoms with van der Waals surface area (Å²) in [5.41, 5.74) is 1.24. The first kappa shape index (κ1) is 18.5. The molecule has 0 aliphatic heterocycles. The van der Waals surface area contributed by atoms with E-state index >= 15 is 0 Å². The zero-order valence-electron chi connectivity index (χ0n) is 15.2. The van der Waals surface area contributed by atoms with Crippen molar-refractivity contribution in [3.05, 3.63) is 67.9 Å². The molecular weight excluding hydrogens is 398 g/mol. The summed E-state index contributed by atoms with van der Waals surface area (Å²) in [6, 6.07) is 12.8. The summed E-state index contributed by atoms with van der Waals surface area (Å²) < 4.78 is 13.1. The summed E-state index contributed by atoms with van der Waals surface area (Å²) in [4.78, 5) is 13.6. The summed E-state index contributed by atoms with van der Waals surface area (Å²) in [7, 11) is 1.56. The number of halogens is 1. The minimum absolute atomic E-state index is 0.201. The van der Waals surface area contributed by atoms with Crippen molar-refractivity contribution in [1.29, 1.82) is 0 Å². The lowest BCUT2D eigenvalue weighted by Crippen LogP contribution is -2.23. The summed E-state index contributed by atoms with van der Waals surface area (Å²) in [6.45, 7) is 2.47. The fourth-order valence-corrected chi connectivity index (χ4v) is 4.00. The monoisotopic (exact) mass is 413 g/mol. The molecule has 2 aromatic carbocycles. The van der Waals surface area contributed by atoms with Crippen LogP contribution < -0.4 is 19.6 Å². The molecule has 0 unspecified atom stereocenters. The molecule has 8 heteroatoms. The second-order valence-electron chi connectivity index (χ2n) is 5.87. The third kappa shape index (κ3) is 3.23. The molecule has 28 heavy (non-hydrogen) atoms. The van der Waals surface area contributed by atoms with E-state index in [0.717, 1.165) is 11.3 Å². The van der Waals surface area contributed by atoms with Gasteiger partial charge in [-0.25, -0.2) is 4.40 Å². The van der Waals surface area contributed by atoms with Gasteiger partial charge in [0.15, 0.2) is 5.82 Å². The molecule has 0 bridgehead atoms. The molecule has 4 rings (SSSR count). The van der Waals surface area contributed by atoms with E-state index < -0.39 is 0 Å². The molecule has 0 radical (unpaired) electrons. The maximum Gasteiger partial charge on any atom is 0.276 e. The lowest BCUT2D eigenvalue weighted by atomic mass is 10.2. The van der Waals surface area contributed by atoms with Gasteiger partial charge in [-0.05, 0) is 37.3 Å². The van der Waals surface area contributed by atoms with Crippen LogP contribution in [0.25, 0.3) is 22.4 Å². The molecule has 2 aromatic heterocycles. The summed E-state index contributed by atoms with van der Waals surface area (Å²) in [5.74, 6) is 1.69. The Morgan fingerprint density at radius 2 is 2.00 bits per heavy atom. The van der Waals surface area contributed by atoms with Crippen LogP contribution in [0.2, 0.25) is 5.02 Å². The number of para-hydroxylation sites is 1. The van der Waals surface area contributed by atoms with E-state index in [1.54, 1.807) is 25.3 Å². The Bertz CT molecular complexity index is 1270. The molecule has 142 valence electrons. The number of hydrogen-bond donors (Lipinski definition) is 0. The Labute approximate surface area is 169 Å². The predicted molar refractivity (Wildman–Crippen MR) is 111 cm³/mol. The molecule has 0 amide bonds. The molecular formula is C20H16ClN3O3S. The Morgan fingerprint density at radius 3 is 2.79 bits per heavy atom. The highest BCUT2D eigenvalue weighted by atomic mass is 35.5. The van der Waals surface area contributed by atoms with Crippen LogP contribution in [-0.2, 0) is 0 Å². The van der Waals surface area contributed by atoms with Gasteiger partial charge in [-0.15, -0.1) is 10.2 Å². The number of rotatable bonds is 5. The Hall–Kier alpha value is -2.90. The number of benzene rings is 2. The van der Waals surface area contributed by atoms with Crippen LogP contribution in [0, 0.1) is 0 Å². The van der Waals surface area contributed by atoms with Crippen molar-refractivity contribution in [2.75, 3.05) is 13.7 Å². The summed E-state index contributed by atoms with van der Waals surface area (Å²) in [6.07, 6.45) is 1.81. The number of fused-ring (bicyclic) bond motifs is 1. The predicted octanol–water partition coefficient (Wildman–Crippen LogP) is 3.43. The van der Waals surface area contributed by atoms with Gasteiger partial charge in [0.25, 0.3) is 5.56 Å². The fourth-order valence-electron chi connectivity index (χ4n) is 2.92. The molecule has 6 nitrogen and oxygen atoms in total. The molecule has 0 fully saturated rings. The zero-order valence-corrected chi connectivity index (χ0v) is 16.8. The largest absolute Gasteiger partial charge is 0.496 e. The van der Waals surface area contributed by atoms with Crippen molar-refractivity contribution >= 4 is 34.0 Å². The molecule has 0 aliphatic rings. The highest BCUT2D eigenvalue weighted by Crippen LogP contribution is 2.31. The van der Waals surface area contributed by atoms with E-state index in [9.17, 15) is 4.79 Å². The van der Waals surface area contributed by atoms with Crippen LogP contribution in [0.5, 0.6) is 11.5 Å². The smallest absolute Gasteiger partial charge is 0.276 e. The minimum Gasteiger partial charge on any atom is -0.496 e. The highest BCUT2D eigenvalue weighted by Gasteiger charge is 2.18. The first-order valence-corrected chi connectivity index (χ1v) is 9.77. The molecule has 0 spiro atoms. The van der Waals surface area contributed by atoms with Crippen LogP contribution >= 0.6 is 22.9 Å². The van der Waals surface area contributed by atoms with E-state index in [2.05, 4.69) is 10.2 Å². The molecule has 0 atom stereocenters. The molecule has 2 heterocycles. The van der Waals surface area contributed by atoms with Crippen molar-refractivity contribution in [2.24, 2.45) is 0 Å². The second kappa shape index (κ2) is 7.61. The molecule has 0 aliphatic carbocycles. The maximum atomic E-state index is 13.1. The van der Waals surface area contributed by atoms with Crippen LogP contribution in [0.15, 0.2) is 47.3 Å². The number of ether oxygens (including phenoxy) is 2. The van der Waals surface area contributed by atoms with Crippen LogP contribution in [0.4, 0.5) is 0 Å². The zero-order chi connectivity index (χ0) is 19.7. The Kier molecular flexibility index (Phi) is 5.02. The highest BCUT2D eigenvalue weighted by molar-refractivity contribution is 7.15. The van der Waals surface area contributed by atoms with Gasteiger partial charge in [0.2, 0.25) is 4.96 Å². The molecule has 0 saturated heterocycles. The summed E-state index contributed by atoms with van der Waals surface area (Å²) in [5, 5.41) is 8.86. The quantitative estimate of drug-likeness (QED) is 0.501. The topological polar surface area (TPSA) is 65.7 Å². The van der Waals surface area contributed by atoms with E-state index in [4.69, 9.17) is 21.1 Å². The molecule has 0 saturated carbocycles. The first-order chi connectivity index (χ1) is 13.6. The molecule has 0 N–H and O–H groups in total.